The quantitative estimate of drug-likeness (QED) is 0.847. The minimum absolute atomic E-state index is 0.752. The predicted octanol–water partition coefficient (Wildman–Crippen LogP) is 3.24. The van der Waals surface area contributed by atoms with Gasteiger partial charge in [0.05, 0.1) is 15.5 Å². The minimum Gasteiger partial charge on any atom is -0.313 e. The molecule has 1 aromatic heterocycles. The highest BCUT2D eigenvalue weighted by molar-refractivity contribution is 14.1. The normalized spacial score (nSPS) is 10.8. The summed E-state index contributed by atoms with van der Waals surface area (Å²) in [6.07, 6.45) is 3.82. The largest absolute Gasteiger partial charge is 0.313 e. The van der Waals surface area contributed by atoms with Gasteiger partial charge in [-0.15, -0.1) is 0 Å². The van der Waals surface area contributed by atoms with Crippen LogP contribution in [0.1, 0.15) is 12.5 Å². The Hall–Kier alpha value is -0.590. The summed E-state index contributed by atoms with van der Waals surface area (Å²) in [6, 6.07) is 5.88. The van der Waals surface area contributed by atoms with E-state index >= 15 is 0 Å². The zero-order chi connectivity index (χ0) is 12.3. The summed E-state index contributed by atoms with van der Waals surface area (Å²) in [5, 5.41) is 8.39. The van der Waals surface area contributed by atoms with Crippen LogP contribution in [0.3, 0.4) is 0 Å². The number of aromatic nitrogens is 2. The van der Waals surface area contributed by atoms with Gasteiger partial charge in [0.25, 0.3) is 0 Å². The fraction of sp³-hybridized carbons (Fsp3) is 0.250. The van der Waals surface area contributed by atoms with Gasteiger partial charge in [0.15, 0.2) is 0 Å². The Labute approximate surface area is 119 Å². The van der Waals surface area contributed by atoms with E-state index in [-0.39, 0.29) is 0 Å². The van der Waals surface area contributed by atoms with Gasteiger partial charge in [-0.2, -0.15) is 5.10 Å². The number of halogens is 2. The second-order valence-electron chi connectivity index (χ2n) is 3.62. The zero-order valence-electron chi connectivity index (χ0n) is 9.45. The number of hydrogen-bond acceptors (Lipinski definition) is 2. The van der Waals surface area contributed by atoms with Crippen LogP contribution in [-0.2, 0) is 6.54 Å². The van der Waals surface area contributed by atoms with Gasteiger partial charge < -0.3 is 5.32 Å². The molecule has 1 aromatic carbocycles. The standard InChI is InChI=1S/C12H13ClIN3/c1-2-15-7-10-11(13)4-3-5-12(10)17-8-9(14)6-16-17/h3-6,8,15H,2,7H2,1H3. The molecule has 0 unspecified atom stereocenters. The third-order valence-corrected chi connectivity index (χ3v) is 3.35. The topological polar surface area (TPSA) is 29.9 Å². The molecular formula is C12H13ClIN3. The molecule has 2 aromatic rings. The van der Waals surface area contributed by atoms with Crippen LogP contribution in [0.15, 0.2) is 30.6 Å². The summed E-state index contributed by atoms with van der Waals surface area (Å²) in [4.78, 5) is 0. The minimum atomic E-state index is 0.752. The van der Waals surface area contributed by atoms with Crippen molar-refractivity contribution in [1.82, 2.24) is 15.1 Å². The second kappa shape index (κ2) is 5.84. The molecule has 5 heteroatoms. The maximum absolute atomic E-state index is 6.24. The van der Waals surface area contributed by atoms with Gasteiger partial charge in [0.2, 0.25) is 0 Å². The molecule has 0 saturated heterocycles. The summed E-state index contributed by atoms with van der Waals surface area (Å²) in [6.45, 7) is 3.75. The van der Waals surface area contributed by atoms with Crippen molar-refractivity contribution in [3.63, 3.8) is 0 Å². The Balaban J connectivity index is 2.42. The van der Waals surface area contributed by atoms with Crippen molar-refractivity contribution in [2.45, 2.75) is 13.5 Å². The van der Waals surface area contributed by atoms with Crippen molar-refractivity contribution in [2.24, 2.45) is 0 Å². The maximum Gasteiger partial charge on any atom is 0.0705 e. The van der Waals surface area contributed by atoms with Crippen LogP contribution in [0.5, 0.6) is 0 Å². The molecule has 0 fully saturated rings. The third-order valence-electron chi connectivity index (χ3n) is 2.44. The average Bonchev–Trinajstić information content (AvgIpc) is 2.74. The smallest absolute Gasteiger partial charge is 0.0705 e. The molecule has 3 nitrogen and oxygen atoms in total. The first-order valence-corrected chi connectivity index (χ1v) is 6.86. The Morgan fingerprint density at radius 1 is 1.47 bits per heavy atom. The molecule has 0 aliphatic carbocycles. The number of benzene rings is 1. The van der Waals surface area contributed by atoms with E-state index in [2.05, 4.69) is 39.9 Å². The van der Waals surface area contributed by atoms with Crippen LogP contribution >= 0.6 is 34.2 Å². The molecule has 1 heterocycles. The Morgan fingerprint density at radius 3 is 2.94 bits per heavy atom. The van der Waals surface area contributed by atoms with Crippen LogP contribution in [0.2, 0.25) is 5.02 Å². The van der Waals surface area contributed by atoms with E-state index in [0.717, 1.165) is 32.9 Å². The van der Waals surface area contributed by atoms with E-state index in [1.165, 1.54) is 0 Å². The lowest BCUT2D eigenvalue weighted by atomic mass is 10.1. The molecule has 0 bridgehead atoms. The molecule has 1 N–H and O–H groups in total. The molecule has 0 aliphatic rings. The Morgan fingerprint density at radius 2 is 2.29 bits per heavy atom. The molecule has 0 aliphatic heterocycles. The van der Waals surface area contributed by atoms with Gasteiger partial charge in [-0.25, -0.2) is 4.68 Å². The summed E-state index contributed by atoms with van der Waals surface area (Å²) >= 11 is 8.48. The fourth-order valence-corrected chi connectivity index (χ4v) is 2.24. The molecule has 0 amide bonds. The van der Waals surface area contributed by atoms with E-state index in [0.29, 0.717) is 0 Å². The van der Waals surface area contributed by atoms with Crippen molar-refractivity contribution < 1.29 is 0 Å². The second-order valence-corrected chi connectivity index (χ2v) is 5.27. The van der Waals surface area contributed by atoms with Gasteiger partial charge >= 0.3 is 0 Å². The van der Waals surface area contributed by atoms with Crippen molar-refractivity contribution in [3.05, 3.63) is 44.7 Å². The summed E-state index contributed by atoms with van der Waals surface area (Å²) in [5.74, 6) is 0. The van der Waals surface area contributed by atoms with E-state index in [1.54, 1.807) is 0 Å². The molecule has 2 rings (SSSR count). The summed E-state index contributed by atoms with van der Waals surface area (Å²) < 4.78 is 2.97. The van der Waals surface area contributed by atoms with Gasteiger partial charge in [-0.1, -0.05) is 24.6 Å². The van der Waals surface area contributed by atoms with Crippen LogP contribution in [0.4, 0.5) is 0 Å². The van der Waals surface area contributed by atoms with Gasteiger partial charge in [-0.05, 0) is 41.3 Å². The number of rotatable bonds is 4. The highest BCUT2D eigenvalue weighted by atomic mass is 127. The van der Waals surface area contributed by atoms with Gasteiger partial charge in [0, 0.05) is 23.3 Å². The number of nitrogens with zero attached hydrogens (tertiary/aromatic N) is 2. The monoisotopic (exact) mass is 361 g/mol. The predicted molar refractivity (Wildman–Crippen MR) is 78.7 cm³/mol. The molecule has 90 valence electrons. The van der Waals surface area contributed by atoms with Crippen molar-refractivity contribution in [2.75, 3.05) is 6.54 Å². The van der Waals surface area contributed by atoms with Gasteiger partial charge in [-0.3, -0.25) is 0 Å². The molecule has 0 atom stereocenters. The lowest BCUT2D eigenvalue weighted by Crippen LogP contribution is -2.14. The Bertz CT molecular complexity index is 510. The average molecular weight is 362 g/mol. The van der Waals surface area contributed by atoms with E-state index in [1.807, 2.05) is 35.3 Å². The maximum atomic E-state index is 6.24. The molecular weight excluding hydrogens is 349 g/mol. The lowest BCUT2D eigenvalue weighted by molar-refractivity contribution is 0.717. The van der Waals surface area contributed by atoms with Gasteiger partial charge in [0.1, 0.15) is 0 Å². The fourth-order valence-electron chi connectivity index (χ4n) is 1.62. The molecule has 17 heavy (non-hydrogen) atoms. The van der Waals surface area contributed by atoms with Crippen LogP contribution in [-0.4, -0.2) is 16.3 Å². The highest BCUT2D eigenvalue weighted by Gasteiger charge is 2.09. The highest BCUT2D eigenvalue weighted by Crippen LogP contribution is 2.23. The molecule has 0 radical (unpaired) electrons. The van der Waals surface area contributed by atoms with Crippen molar-refractivity contribution in [1.29, 1.82) is 0 Å². The first kappa shape index (κ1) is 12.9. The molecule has 0 saturated carbocycles. The zero-order valence-corrected chi connectivity index (χ0v) is 12.4. The molecule has 0 spiro atoms. The van der Waals surface area contributed by atoms with E-state index in [4.69, 9.17) is 11.6 Å². The van der Waals surface area contributed by atoms with E-state index in [9.17, 15) is 0 Å². The van der Waals surface area contributed by atoms with Crippen molar-refractivity contribution in [3.8, 4) is 5.69 Å². The number of hydrogen-bond donors (Lipinski definition) is 1. The van der Waals surface area contributed by atoms with Crippen LogP contribution < -0.4 is 5.32 Å². The van der Waals surface area contributed by atoms with Crippen LogP contribution in [0.25, 0.3) is 5.69 Å². The summed E-state index contributed by atoms with van der Waals surface area (Å²) in [7, 11) is 0. The number of nitrogens with one attached hydrogen (secondary N) is 1. The Kier molecular flexibility index (Phi) is 4.42. The van der Waals surface area contributed by atoms with Crippen LogP contribution in [0, 0.1) is 3.57 Å². The lowest BCUT2D eigenvalue weighted by Gasteiger charge is -2.11. The van der Waals surface area contributed by atoms with Crippen molar-refractivity contribution >= 4 is 34.2 Å². The summed E-state index contributed by atoms with van der Waals surface area (Å²) in [5.41, 5.74) is 2.11. The van der Waals surface area contributed by atoms with E-state index < -0.39 is 0 Å². The SMILES string of the molecule is CCNCc1c(Cl)cccc1-n1cc(I)cn1. The first-order valence-electron chi connectivity index (χ1n) is 5.41. The first-order chi connectivity index (χ1) is 8.22. The third kappa shape index (κ3) is 3.00.